The van der Waals surface area contributed by atoms with Crippen molar-refractivity contribution in [2.24, 2.45) is 0 Å². The van der Waals surface area contributed by atoms with Crippen molar-refractivity contribution in [1.82, 2.24) is 14.8 Å². The predicted octanol–water partition coefficient (Wildman–Crippen LogP) is 3.66. The van der Waals surface area contributed by atoms with E-state index in [4.69, 9.17) is 4.74 Å². The summed E-state index contributed by atoms with van der Waals surface area (Å²) in [6.45, 7) is 4.04. The molecule has 146 valence electrons. The summed E-state index contributed by atoms with van der Waals surface area (Å²) in [5, 5.41) is 0.722. The molecular weight excluding hydrogens is 357 g/mol. The molecule has 0 spiro atoms. The summed E-state index contributed by atoms with van der Waals surface area (Å²) >= 11 is 0. The number of benzene rings is 2. The topological polar surface area (TPSA) is 48.6 Å². The predicted molar refractivity (Wildman–Crippen MR) is 107 cm³/mol. The van der Waals surface area contributed by atoms with Gasteiger partial charge in [0.2, 0.25) is 0 Å². The van der Waals surface area contributed by atoms with Crippen LogP contribution in [-0.4, -0.2) is 54.0 Å². The molecule has 0 unspecified atom stereocenters. The normalized spacial score (nSPS) is 15.6. The number of H-pyrrole nitrogens is 1. The maximum atomic E-state index is 13.4. The van der Waals surface area contributed by atoms with Gasteiger partial charge in [0.05, 0.1) is 7.11 Å². The van der Waals surface area contributed by atoms with E-state index in [-0.39, 0.29) is 11.7 Å². The van der Waals surface area contributed by atoms with E-state index >= 15 is 0 Å². The van der Waals surface area contributed by atoms with Crippen LogP contribution >= 0.6 is 0 Å². The van der Waals surface area contributed by atoms with Gasteiger partial charge in [0.1, 0.15) is 17.3 Å². The molecular formula is C22H24FN3O2. The van der Waals surface area contributed by atoms with Crippen LogP contribution in [0, 0.1) is 5.82 Å². The fourth-order valence-electron chi connectivity index (χ4n) is 3.71. The van der Waals surface area contributed by atoms with Gasteiger partial charge < -0.3 is 14.6 Å². The minimum atomic E-state index is -0.297. The number of carbonyl (C=O) groups excluding carboxylic acids is 1. The number of ether oxygens (including phenoxy) is 1. The van der Waals surface area contributed by atoms with Gasteiger partial charge in [-0.25, -0.2) is 4.39 Å². The van der Waals surface area contributed by atoms with Crippen LogP contribution in [0.1, 0.15) is 22.5 Å². The molecule has 4 rings (SSSR count). The molecule has 0 bridgehead atoms. The van der Waals surface area contributed by atoms with Crippen molar-refractivity contribution in [3.63, 3.8) is 0 Å². The number of nitrogens with one attached hydrogen (secondary N) is 1. The standard InChI is InChI=1S/C22H24FN3O2/c1-28-19-6-3-16(4-7-19)15-25-9-2-10-26(12-11-25)22(27)21-14-17-13-18(23)5-8-20(17)24-21/h3-8,13-14,24H,2,9-12,15H2,1H3. The molecule has 1 saturated heterocycles. The molecule has 0 saturated carbocycles. The number of carbonyl (C=O) groups is 1. The minimum absolute atomic E-state index is 0.0251. The van der Waals surface area contributed by atoms with Crippen LogP contribution in [0.25, 0.3) is 10.9 Å². The van der Waals surface area contributed by atoms with Crippen molar-refractivity contribution in [1.29, 1.82) is 0 Å². The highest BCUT2D eigenvalue weighted by Gasteiger charge is 2.21. The molecule has 28 heavy (non-hydrogen) atoms. The third kappa shape index (κ3) is 4.02. The lowest BCUT2D eigenvalue weighted by Crippen LogP contribution is -2.35. The van der Waals surface area contributed by atoms with Crippen LogP contribution < -0.4 is 4.74 Å². The van der Waals surface area contributed by atoms with E-state index in [2.05, 4.69) is 22.0 Å². The van der Waals surface area contributed by atoms with Crippen LogP contribution in [0.5, 0.6) is 5.75 Å². The quantitative estimate of drug-likeness (QED) is 0.750. The highest BCUT2D eigenvalue weighted by molar-refractivity contribution is 5.98. The largest absolute Gasteiger partial charge is 0.497 e. The molecule has 5 nitrogen and oxygen atoms in total. The number of hydrogen-bond acceptors (Lipinski definition) is 3. The van der Waals surface area contributed by atoms with Crippen molar-refractivity contribution in [2.75, 3.05) is 33.3 Å². The molecule has 1 fully saturated rings. The van der Waals surface area contributed by atoms with E-state index in [0.29, 0.717) is 12.2 Å². The summed E-state index contributed by atoms with van der Waals surface area (Å²) in [5.74, 6) is 0.534. The molecule has 3 aromatic rings. The second kappa shape index (κ2) is 8.02. The molecule has 1 aromatic heterocycles. The van der Waals surface area contributed by atoms with E-state index in [0.717, 1.165) is 49.3 Å². The van der Waals surface area contributed by atoms with Crippen molar-refractivity contribution < 1.29 is 13.9 Å². The van der Waals surface area contributed by atoms with E-state index in [1.165, 1.54) is 17.7 Å². The molecule has 2 aromatic carbocycles. The molecule has 0 radical (unpaired) electrons. The lowest BCUT2D eigenvalue weighted by molar-refractivity contribution is 0.0756. The van der Waals surface area contributed by atoms with E-state index < -0.39 is 0 Å². The van der Waals surface area contributed by atoms with Crippen LogP contribution in [0.15, 0.2) is 48.5 Å². The van der Waals surface area contributed by atoms with Crippen molar-refractivity contribution in [3.8, 4) is 5.75 Å². The minimum Gasteiger partial charge on any atom is -0.497 e. The average Bonchev–Trinajstić information content (AvgIpc) is 2.99. The van der Waals surface area contributed by atoms with Gasteiger partial charge in [-0.1, -0.05) is 12.1 Å². The fraction of sp³-hybridized carbons (Fsp3) is 0.318. The van der Waals surface area contributed by atoms with Crippen molar-refractivity contribution >= 4 is 16.8 Å². The SMILES string of the molecule is COc1ccc(CN2CCCN(C(=O)c3cc4cc(F)ccc4[nH]3)CC2)cc1. The van der Waals surface area contributed by atoms with Gasteiger partial charge >= 0.3 is 0 Å². The number of methoxy groups -OCH3 is 1. The van der Waals surface area contributed by atoms with Gasteiger partial charge in [-0.3, -0.25) is 9.69 Å². The van der Waals surface area contributed by atoms with Gasteiger partial charge in [0.15, 0.2) is 0 Å². The highest BCUT2D eigenvalue weighted by Crippen LogP contribution is 2.19. The Labute approximate surface area is 163 Å². The zero-order chi connectivity index (χ0) is 19.5. The number of halogens is 1. The van der Waals surface area contributed by atoms with Gasteiger partial charge in [0, 0.05) is 43.6 Å². The number of hydrogen-bond donors (Lipinski definition) is 1. The number of nitrogens with zero attached hydrogens (tertiary/aromatic N) is 2. The Bertz CT molecular complexity index is 968. The van der Waals surface area contributed by atoms with E-state index in [9.17, 15) is 9.18 Å². The van der Waals surface area contributed by atoms with E-state index in [1.807, 2.05) is 17.0 Å². The maximum Gasteiger partial charge on any atom is 0.270 e. The van der Waals surface area contributed by atoms with Crippen molar-refractivity contribution in [3.05, 3.63) is 65.6 Å². The van der Waals surface area contributed by atoms with Gasteiger partial charge in [0.25, 0.3) is 5.91 Å². The second-order valence-electron chi connectivity index (χ2n) is 7.18. The van der Waals surface area contributed by atoms with Gasteiger partial charge in [-0.2, -0.15) is 0 Å². The van der Waals surface area contributed by atoms with E-state index in [1.54, 1.807) is 19.2 Å². The number of aromatic nitrogens is 1. The molecule has 0 atom stereocenters. The van der Waals surface area contributed by atoms with Crippen LogP contribution in [0.2, 0.25) is 0 Å². The smallest absolute Gasteiger partial charge is 0.270 e. The summed E-state index contributed by atoms with van der Waals surface area (Å²) in [7, 11) is 1.67. The summed E-state index contributed by atoms with van der Waals surface area (Å²) in [6, 6.07) is 14.4. The van der Waals surface area contributed by atoms with Crippen LogP contribution in [0.3, 0.4) is 0 Å². The third-order valence-corrected chi connectivity index (χ3v) is 5.25. The van der Waals surface area contributed by atoms with Gasteiger partial charge in [-0.05, 0) is 48.4 Å². The second-order valence-corrected chi connectivity index (χ2v) is 7.18. The lowest BCUT2D eigenvalue weighted by Gasteiger charge is -2.21. The Hall–Kier alpha value is -2.86. The maximum absolute atomic E-state index is 13.4. The Morgan fingerprint density at radius 3 is 2.68 bits per heavy atom. The molecule has 2 heterocycles. The number of rotatable bonds is 4. The Kier molecular flexibility index (Phi) is 5.30. The molecule has 6 heteroatoms. The molecule has 1 N–H and O–H groups in total. The van der Waals surface area contributed by atoms with Crippen LogP contribution in [-0.2, 0) is 6.54 Å². The first-order valence-electron chi connectivity index (χ1n) is 9.55. The molecule has 1 aliphatic rings. The zero-order valence-corrected chi connectivity index (χ0v) is 16.0. The Morgan fingerprint density at radius 2 is 1.89 bits per heavy atom. The number of fused-ring (bicyclic) bond motifs is 1. The lowest BCUT2D eigenvalue weighted by atomic mass is 10.2. The Morgan fingerprint density at radius 1 is 1.07 bits per heavy atom. The monoisotopic (exact) mass is 381 g/mol. The summed E-state index contributed by atoms with van der Waals surface area (Å²) < 4.78 is 18.6. The first-order valence-corrected chi connectivity index (χ1v) is 9.55. The fourth-order valence-corrected chi connectivity index (χ4v) is 3.71. The van der Waals surface area contributed by atoms with Crippen LogP contribution in [0.4, 0.5) is 4.39 Å². The molecule has 1 amide bonds. The number of aromatic amines is 1. The van der Waals surface area contributed by atoms with Gasteiger partial charge in [-0.15, -0.1) is 0 Å². The van der Waals surface area contributed by atoms with Crippen molar-refractivity contribution in [2.45, 2.75) is 13.0 Å². The average molecular weight is 381 g/mol. The summed E-state index contributed by atoms with van der Waals surface area (Å²) in [6.07, 6.45) is 0.927. The molecule has 1 aliphatic heterocycles. The summed E-state index contributed by atoms with van der Waals surface area (Å²) in [5.41, 5.74) is 2.53. The number of amides is 1. The first kappa shape index (κ1) is 18.5. The first-order chi connectivity index (χ1) is 13.6. The summed E-state index contributed by atoms with van der Waals surface area (Å²) in [4.78, 5) is 20.3. The zero-order valence-electron chi connectivity index (χ0n) is 16.0. The Balaban J connectivity index is 1.40. The molecule has 0 aliphatic carbocycles. The third-order valence-electron chi connectivity index (χ3n) is 5.25. The highest BCUT2D eigenvalue weighted by atomic mass is 19.1.